The van der Waals surface area contributed by atoms with E-state index >= 15 is 0 Å². The molecule has 0 saturated heterocycles. The van der Waals surface area contributed by atoms with Crippen molar-refractivity contribution < 1.29 is 34.3 Å². The second-order valence-electron chi connectivity index (χ2n) is 3.53. The maximum atomic E-state index is 11.8. The average Bonchev–Trinajstić information content (AvgIpc) is 2.26. The van der Waals surface area contributed by atoms with Crippen LogP contribution in [-0.2, 0) is 35.5 Å². The Balaban J connectivity index is 3.11. The van der Waals surface area contributed by atoms with Crippen LogP contribution >= 0.6 is 0 Å². The second kappa shape index (κ2) is 6.15. The molecule has 0 aliphatic heterocycles. The lowest BCUT2D eigenvalue weighted by atomic mass is 10.3. The molecule has 1 aromatic carbocycles. The summed E-state index contributed by atoms with van der Waals surface area (Å²) in [4.78, 5) is -1.14. The topological polar surface area (TPSA) is 161 Å². The summed E-state index contributed by atoms with van der Waals surface area (Å²) in [5.74, 6) is -0.645. The predicted octanol–water partition coefficient (Wildman–Crippen LogP) is -0.557. The lowest BCUT2D eigenvalue weighted by Crippen LogP contribution is -2.14. The zero-order valence-corrected chi connectivity index (χ0v) is 12.2. The Hall–Kier alpha value is -1.05. The predicted molar refractivity (Wildman–Crippen MR) is 69.4 cm³/mol. The molecule has 1 atom stereocenters. The molecular formula is C8H11NO8S3. The molecule has 0 spiro atoms. The van der Waals surface area contributed by atoms with Gasteiger partial charge in [-0.25, -0.2) is 8.42 Å². The molecule has 1 rings (SSSR count). The monoisotopic (exact) mass is 345 g/mol. The highest BCUT2D eigenvalue weighted by Crippen LogP contribution is 2.23. The minimum Gasteiger partial charge on any atom is -0.398 e. The first-order valence-corrected chi connectivity index (χ1v) is 9.00. The second-order valence-corrected chi connectivity index (χ2v) is 7.70. The van der Waals surface area contributed by atoms with Crippen molar-refractivity contribution in [1.82, 2.24) is 0 Å². The smallest absolute Gasteiger partial charge is 0.301 e. The summed E-state index contributed by atoms with van der Waals surface area (Å²) < 4.78 is 77.3. The van der Waals surface area contributed by atoms with Gasteiger partial charge in [0.1, 0.15) is 4.90 Å². The van der Waals surface area contributed by atoms with Crippen molar-refractivity contribution in [2.75, 3.05) is 18.1 Å². The van der Waals surface area contributed by atoms with E-state index in [0.29, 0.717) is 6.07 Å². The molecule has 12 heteroatoms. The molecular weight excluding hydrogens is 334 g/mol. The van der Waals surface area contributed by atoms with Crippen LogP contribution in [0, 0.1) is 0 Å². The van der Waals surface area contributed by atoms with E-state index in [4.69, 9.17) is 14.8 Å². The number of anilines is 1. The number of nitrogens with two attached hydrogens (primary N) is 1. The Kier molecular flexibility index (Phi) is 5.23. The van der Waals surface area contributed by atoms with E-state index in [9.17, 15) is 21.0 Å². The molecule has 9 nitrogen and oxygen atoms in total. The molecule has 0 aliphatic carbocycles. The minimum absolute atomic E-state index is 0.306. The first-order valence-electron chi connectivity index (χ1n) is 4.88. The van der Waals surface area contributed by atoms with Crippen LogP contribution in [0.25, 0.3) is 0 Å². The van der Waals surface area contributed by atoms with Gasteiger partial charge in [-0.3, -0.25) is 13.3 Å². The summed E-state index contributed by atoms with van der Waals surface area (Å²) in [5.41, 5.74) is 5.02. The van der Waals surface area contributed by atoms with Crippen molar-refractivity contribution >= 4 is 37.0 Å². The molecule has 0 amide bonds. The standard InChI is InChI=1S/C8H11NO8S3/c9-7-2-1-6(5-8(7)20(14,15)16)19(12,13)4-3-17-18(10)11/h1-2,5H,3-4,9H2,(H,10,11)(H,14,15,16). The van der Waals surface area contributed by atoms with E-state index in [1.165, 1.54) is 0 Å². The van der Waals surface area contributed by atoms with E-state index in [0.717, 1.165) is 12.1 Å². The molecule has 0 bridgehead atoms. The fourth-order valence-corrected chi connectivity index (χ4v) is 3.42. The van der Waals surface area contributed by atoms with E-state index in [1.807, 2.05) is 0 Å². The number of benzene rings is 1. The van der Waals surface area contributed by atoms with Crippen molar-refractivity contribution in [2.45, 2.75) is 9.79 Å². The third-order valence-corrected chi connectivity index (χ3v) is 5.11. The average molecular weight is 345 g/mol. The van der Waals surface area contributed by atoms with Crippen molar-refractivity contribution in [1.29, 1.82) is 0 Å². The molecule has 0 aliphatic rings. The number of sulfone groups is 1. The number of rotatable bonds is 6. The molecule has 1 aromatic rings. The van der Waals surface area contributed by atoms with Gasteiger partial charge in [-0.2, -0.15) is 12.6 Å². The summed E-state index contributed by atoms with van der Waals surface area (Å²) in [6.45, 7) is -0.559. The SMILES string of the molecule is Nc1ccc(S(=O)(=O)CCOS(=O)O)cc1S(=O)(=O)O. The van der Waals surface area contributed by atoms with Gasteiger partial charge < -0.3 is 5.73 Å². The zero-order chi connectivity index (χ0) is 15.6. The van der Waals surface area contributed by atoms with Crippen LogP contribution in [0.5, 0.6) is 0 Å². The first-order chi connectivity index (χ1) is 9.04. The van der Waals surface area contributed by atoms with Gasteiger partial charge in [0.25, 0.3) is 10.1 Å². The lowest BCUT2D eigenvalue weighted by Gasteiger charge is -2.07. The maximum Gasteiger partial charge on any atom is 0.301 e. The van der Waals surface area contributed by atoms with Crippen LogP contribution in [0.1, 0.15) is 0 Å². The number of hydrogen-bond donors (Lipinski definition) is 3. The highest BCUT2D eigenvalue weighted by atomic mass is 32.2. The van der Waals surface area contributed by atoms with Crippen LogP contribution in [-0.4, -0.2) is 42.5 Å². The van der Waals surface area contributed by atoms with Crippen LogP contribution in [0.4, 0.5) is 5.69 Å². The Labute approximate surface area is 117 Å². The van der Waals surface area contributed by atoms with Crippen LogP contribution in [0.3, 0.4) is 0 Å². The summed E-state index contributed by atoms with van der Waals surface area (Å²) in [5, 5.41) is 0. The highest BCUT2D eigenvalue weighted by molar-refractivity contribution is 7.91. The molecule has 0 heterocycles. The number of nitrogen functional groups attached to an aromatic ring is 1. The summed E-state index contributed by atoms with van der Waals surface area (Å²) in [6, 6.07) is 2.77. The number of hydrogen-bond acceptors (Lipinski definition) is 7. The zero-order valence-electron chi connectivity index (χ0n) is 9.79. The quantitative estimate of drug-likeness (QED) is 0.348. The van der Waals surface area contributed by atoms with Gasteiger partial charge in [-0.15, -0.1) is 0 Å². The third kappa shape index (κ3) is 4.50. The molecule has 0 fully saturated rings. The van der Waals surface area contributed by atoms with Crippen molar-refractivity contribution in [2.24, 2.45) is 0 Å². The largest absolute Gasteiger partial charge is 0.398 e. The van der Waals surface area contributed by atoms with Gasteiger partial charge in [0.05, 0.1) is 22.9 Å². The van der Waals surface area contributed by atoms with Gasteiger partial charge in [0, 0.05) is 0 Å². The minimum atomic E-state index is -4.66. The van der Waals surface area contributed by atoms with Crippen LogP contribution in [0.15, 0.2) is 28.0 Å². The molecule has 4 N–H and O–H groups in total. The summed E-state index contributed by atoms with van der Waals surface area (Å²) >= 11 is -2.60. The van der Waals surface area contributed by atoms with Crippen molar-refractivity contribution in [3.05, 3.63) is 18.2 Å². The van der Waals surface area contributed by atoms with Gasteiger partial charge >= 0.3 is 11.4 Å². The molecule has 0 aromatic heterocycles. The fourth-order valence-electron chi connectivity index (χ4n) is 1.26. The Morgan fingerprint density at radius 2 is 1.85 bits per heavy atom. The van der Waals surface area contributed by atoms with E-state index in [1.54, 1.807) is 0 Å². The van der Waals surface area contributed by atoms with Crippen LogP contribution in [0.2, 0.25) is 0 Å². The summed E-state index contributed by atoms with van der Waals surface area (Å²) in [7, 11) is -8.62. The van der Waals surface area contributed by atoms with Gasteiger partial charge in [-0.05, 0) is 18.2 Å². The van der Waals surface area contributed by atoms with E-state index in [2.05, 4.69) is 4.18 Å². The summed E-state index contributed by atoms with van der Waals surface area (Å²) in [6.07, 6.45) is 0. The van der Waals surface area contributed by atoms with E-state index < -0.39 is 53.5 Å². The molecule has 114 valence electrons. The van der Waals surface area contributed by atoms with Gasteiger partial charge in [-0.1, -0.05) is 0 Å². The molecule has 20 heavy (non-hydrogen) atoms. The van der Waals surface area contributed by atoms with Crippen LogP contribution < -0.4 is 5.73 Å². The van der Waals surface area contributed by atoms with Gasteiger partial charge in [0.15, 0.2) is 9.84 Å². The maximum absolute atomic E-state index is 11.8. The first kappa shape index (κ1) is 17.0. The molecule has 1 unspecified atom stereocenters. The van der Waals surface area contributed by atoms with Gasteiger partial charge in [0.2, 0.25) is 0 Å². The third-order valence-electron chi connectivity index (χ3n) is 2.16. The van der Waals surface area contributed by atoms with Crippen molar-refractivity contribution in [3.8, 4) is 0 Å². The highest BCUT2D eigenvalue weighted by Gasteiger charge is 2.21. The normalized spacial score (nSPS) is 14.1. The molecule has 0 radical (unpaired) electrons. The Morgan fingerprint density at radius 1 is 1.25 bits per heavy atom. The van der Waals surface area contributed by atoms with Crippen molar-refractivity contribution in [3.63, 3.8) is 0 Å². The Bertz CT molecular complexity index is 724. The molecule has 0 saturated carbocycles. The fraction of sp³-hybridized carbons (Fsp3) is 0.250. The Morgan fingerprint density at radius 3 is 2.35 bits per heavy atom. The lowest BCUT2D eigenvalue weighted by molar-refractivity contribution is 0.326. The van der Waals surface area contributed by atoms with E-state index in [-0.39, 0.29) is 5.69 Å².